The summed E-state index contributed by atoms with van der Waals surface area (Å²) in [6.07, 6.45) is 3.22. The van der Waals surface area contributed by atoms with E-state index in [4.69, 9.17) is 0 Å². The number of aromatic amines is 1. The van der Waals surface area contributed by atoms with Crippen LogP contribution in [0, 0.1) is 6.92 Å². The van der Waals surface area contributed by atoms with Crippen LogP contribution in [0.3, 0.4) is 0 Å². The molecule has 0 aliphatic carbocycles. The number of hydrogen-bond donors (Lipinski definition) is 2. The number of amides is 1. The Bertz CT molecular complexity index is 1060. The van der Waals surface area contributed by atoms with Crippen LogP contribution in [0.15, 0.2) is 60.1 Å². The van der Waals surface area contributed by atoms with Crippen molar-refractivity contribution < 1.29 is 4.79 Å². The van der Waals surface area contributed by atoms with Gasteiger partial charge in [0.05, 0.1) is 10.7 Å². The number of carbonyl (C=O) groups is 1. The average Bonchev–Trinajstić information content (AvgIpc) is 3.31. The Morgan fingerprint density at radius 1 is 1.15 bits per heavy atom. The van der Waals surface area contributed by atoms with Crippen molar-refractivity contribution in [3.8, 4) is 11.3 Å². The number of fused-ring (bicyclic) bond motifs is 1. The zero-order valence-electron chi connectivity index (χ0n) is 15.2. The first-order chi connectivity index (χ1) is 13.2. The van der Waals surface area contributed by atoms with Gasteiger partial charge in [0.25, 0.3) is 0 Å². The predicted molar refractivity (Wildman–Crippen MR) is 111 cm³/mol. The minimum Gasteiger partial charge on any atom is -0.361 e. The molecule has 136 valence electrons. The number of thiazole rings is 1. The first-order valence-corrected chi connectivity index (χ1v) is 9.90. The quantitative estimate of drug-likeness (QED) is 0.506. The van der Waals surface area contributed by atoms with Gasteiger partial charge in [0.2, 0.25) is 5.91 Å². The molecule has 0 atom stereocenters. The maximum Gasteiger partial charge on any atom is 0.220 e. The fraction of sp³-hybridized carbons (Fsp3) is 0.182. The predicted octanol–water partition coefficient (Wildman–Crippen LogP) is 4.85. The Kier molecular flexibility index (Phi) is 5.03. The summed E-state index contributed by atoms with van der Waals surface area (Å²) in [7, 11) is 0. The molecule has 0 radical (unpaired) electrons. The molecule has 4 rings (SSSR count). The molecule has 4 nitrogen and oxygen atoms in total. The average molecular weight is 375 g/mol. The lowest BCUT2D eigenvalue weighted by atomic mass is 10.1. The molecule has 0 aliphatic rings. The molecule has 0 saturated heterocycles. The summed E-state index contributed by atoms with van der Waals surface area (Å²) in [4.78, 5) is 20.0. The van der Waals surface area contributed by atoms with Gasteiger partial charge in [-0.15, -0.1) is 11.3 Å². The Morgan fingerprint density at radius 2 is 1.96 bits per heavy atom. The second-order valence-corrected chi connectivity index (χ2v) is 7.65. The van der Waals surface area contributed by atoms with E-state index < -0.39 is 0 Å². The molecule has 0 spiro atoms. The molecule has 4 aromatic rings. The second-order valence-electron chi connectivity index (χ2n) is 6.58. The number of H-pyrrole nitrogens is 1. The maximum absolute atomic E-state index is 12.2. The lowest BCUT2D eigenvalue weighted by Crippen LogP contribution is -2.22. The van der Waals surface area contributed by atoms with Crippen molar-refractivity contribution in [1.29, 1.82) is 0 Å². The lowest BCUT2D eigenvalue weighted by Gasteiger charge is -2.06. The standard InChI is InChI=1S/C22H21N3OS/c1-15-25-21(14-27-15)17-8-6-16(7-9-17)12-24-22(26)11-10-18-13-23-20-5-3-2-4-19(18)20/h2-9,13-14,23H,10-12H2,1H3,(H,24,26). The first kappa shape index (κ1) is 17.5. The minimum absolute atomic E-state index is 0.0690. The van der Waals surface area contributed by atoms with E-state index >= 15 is 0 Å². The number of para-hydroxylation sites is 1. The zero-order chi connectivity index (χ0) is 18.6. The molecule has 0 aliphatic heterocycles. The van der Waals surface area contributed by atoms with Gasteiger partial charge in [-0.05, 0) is 30.5 Å². The Hall–Kier alpha value is -2.92. The number of rotatable bonds is 6. The highest BCUT2D eigenvalue weighted by Crippen LogP contribution is 2.22. The minimum atomic E-state index is 0.0690. The van der Waals surface area contributed by atoms with Crippen LogP contribution < -0.4 is 5.32 Å². The highest BCUT2D eigenvalue weighted by molar-refractivity contribution is 7.09. The Morgan fingerprint density at radius 3 is 2.74 bits per heavy atom. The van der Waals surface area contributed by atoms with E-state index in [1.807, 2.05) is 37.4 Å². The summed E-state index contributed by atoms with van der Waals surface area (Å²) >= 11 is 1.65. The van der Waals surface area contributed by atoms with Gasteiger partial charge in [0, 0.05) is 41.0 Å². The number of carbonyl (C=O) groups excluding carboxylic acids is 1. The smallest absolute Gasteiger partial charge is 0.220 e. The number of hydrogen-bond acceptors (Lipinski definition) is 3. The molecule has 2 N–H and O–H groups in total. The van der Waals surface area contributed by atoms with Gasteiger partial charge in [-0.1, -0.05) is 42.5 Å². The van der Waals surface area contributed by atoms with E-state index in [0.717, 1.165) is 33.8 Å². The third-order valence-corrected chi connectivity index (χ3v) is 5.43. The van der Waals surface area contributed by atoms with E-state index in [0.29, 0.717) is 13.0 Å². The van der Waals surface area contributed by atoms with Crippen molar-refractivity contribution in [1.82, 2.24) is 15.3 Å². The summed E-state index contributed by atoms with van der Waals surface area (Å²) in [6, 6.07) is 16.4. The number of nitrogens with zero attached hydrogens (tertiary/aromatic N) is 1. The van der Waals surface area contributed by atoms with Crippen LogP contribution in [0.1, 0.15) is 22.6 Å². The monoisotopic (exact) mass is 375 g/mol. The zero-order valence-corrected chi connectivity index (χ0v) is 16.0. The van der Waals surface area contributed by atoms with E-state index in [9.17, 15) is 4.79 Å². The first-order valence-electron chi connectivity index (χ1n) is 9.02. The number of aromatic nitrogens is 2. The summed E-state index contributed by atoms with van der Waals surface area (Å²) in [5.74, 6) is 0.0690. The summed E-state index contributed by atoms with van der Waals surface area (Å²) in [6.45, 7) is 2.55. The van der Waals surface area contributed by atoms with E-state index in [1.165, 1.54) is 10.9 Å². The van der Waals surface area contributed by atoms with Crippen LogP contribution in [-0.2, 0) is 17.8 Å². The van der Waals surface area contributed by atoms with Crippen molar-refractivity contribution in [3.05, 3.63) is 76.2 Å². The number of aryl methyl sites for hydroxylation is 2. The molecule has 2 aromatic heterocycles. The van der Waals surface area contributed by atoms with E-state index in [1.54, 1.807) is 11.3 Å². The van der Waals surface area contributed by atoms with Gasteiger partial charge < -0.3 is 10.3 Å². The van der Waals surface area contributed by atoms with Crippen LogP contribution in [0.2, 0.25) is 0 Å². The number of nitrogens with one attached hydrogen (secondary N) is 2. The molecule has 0 bridgehead atoms. The molecule has 0 fully saturated rings. The van der Waals surface area contributed by atoms with Gasteiger partial charge >= 0.3 is 0 Å². The number of benzene rings is 2. The van der Waals surface area contributed by atoms with Gasteiger partial charge in [-0.2, -0.15) is 0 Å². The van der Waals surface area contributed by atoms with Crippen molar-refractivity contribution in [2.24, 2.45) is 0 Å². The molecular formula is C22H21N3OS. The van der Waals surface area contributed by atoms with Crippen LogP contribution in [0.25, 0.3) is 22.2 Å². The van der Waals surface area contributed by atoms with Crippen LogP contribution in [0.4, 0.5) is 0 Å². The van der Waals surface area contributed by atoms with Crippen molar-refractivity contribution in [2.45, 2.75) is 26.3 Å². The topological polar surface area (TPSA) is 57.8 Å². The highest BCUT2D eigenvalue weighted by atomic mass is 32.1. The van der Waals surface area contributed by atoms with Crippen LogP contribution >= 0.6 is 11.3 Å². The van der Waals surface area contributed by atoms with Crippen molar-refractivity contribution >= 4 is 28.1 Å². The molecule has 1 amide bonds. The van der Waals surface area contributed by atoms with Gasteiger partial charge in [0.15, 0.2) is 0 Å². The molecule has 2 heterocycles. The summed E-state index contributed by atoms with van der Waals surface area (Å²) in [5.41, 5.74) is 5.50. The van der Waals surface area contributed by atoms with Gasteiger partial charge in [-0.3, -0.25) is 4.79 Å². The Labute approximate surface area is 162 Å². The fourth-order valence-corrected chi connectivity index (χ4v) is 3.79. The molecule has 2 aromatic carbocycles. The van der Waals surface area contributed by atoms with Crippen LogP contribution in [0.5, 0.6) is 0 Å². The molecule has 0 saturated carbocycles. The summed E-state index contributed by atoms with van der Waals surface area (Å²) in [5, 5.41) is 7.34. The SMILES string of the molecule is Cc1nc(-c2ccc(CNC(=O)CCc3c[nH]c4ccccc34)cc2)cs1. The highest BCUT2D eigenvalue weighted by Gasteiger charge is 2.07. The summed E-state index contributed by atoms with van der Waals surface area (Å²) < 4.78 is 0. The van der Waals surface area contributed by atoms with E-state index in [-0.39, 0.29) is 5.91 Å². The van der Waals surface area contributed by atoms with Crippen molar-refractivity contribution in [3.63, 3.8) is 0 Å². The molecule has 5 heteroatoms. The largest absolute Gasteiger partial charge is 0.361 e. The van der Waals surface area contributed by atoms with Gasteiger partial charge in [0.1, 0.15) is 0 Å². The lowest BCUT2D eigenvalue weighted by molar-refractivity contribution is -0.121. The van der Waals surface area contributed by atoms with Crippen LogP contribution in [-0.4, -0.2) is 15.9 Å². The fourth-order valence-electron chi connectivity index (χ4n) is 3.17. The molecular weight excluding hydrogens is 354 g/mol. The second kappa shape index (κ2) is 7.76. The Balaban J connectivity index is 1.30. The molecule has 0 unspecified atom stereocenters. The normalized spacial score (nSPS) is 11.0. The third-order valence-electron chi connectivity index (χ3n) is 4.65. The van der Waals surface area contributed by atoms with E-state index in [2.05, 4.69) is 44.9 Å². The van der Waals surface area contributed by atoms with Gasteiger partial charge in [-0.25, -0.2) is 4.98 Å². The van der Waals surface area contributed by atoms with Crippen molar-refractivity contribution in [2.75, 3.05) is 0 Å². The third kappa shape index (κ3) is 4.09. The molecule has 27 heavy (non-hydrogen) atoms. The maximum atomic E-state index is 12.2.